The van der Waals surface area contributed by atoms with Gasteiger partial charge < -0.3 is 5.32 Å². The van der Waals surface area contributed by atoms with Crippen molar-refractivity contribution < 1.29 is 0 Å². The van der Waals surface area contributed by atoms with Crippen LogP contribution >= 0.6 is 0 Å². The van der Waals surface area contributed by atoms with E-state index in [2.05, 4.69) is 46.3 Å². The molecule has 0 aliphatic carbocycles. The van der Waals surface area contributed by atoms with Crippen LogP contribution in [0.25, 0.3) is 0 Å². The zero-order valence-electron chi connectivity index (χ0n) is 12.1. The Hall–Kier alpha value is -1.62. The molecule has 0 aromatic carbocycles. The van der Waals surface area contributed by atoms with Crippen LogP contribution in [0, 0.1) is 6.92 Å². The minimum absolute atomic E-state index is 0.844. The van der Waals surface area contributed by atoms with Gasteiger partial charge in [0.25, 0.3) is 0 Å². The minimum atomic E-state index is 0.844. The van der Waals surface area contributed by atoms with Crippen molar-refractivity contribution in [3.05, 3.63) is 35.4 Å². The Balaban J connectivity index is 1.88. The van der Waals surface area contributed by atoms with Crippen molar-refractivity contribution in [2.45, 2.75) is 53.4 Å². The molecule has 0 saturated carbocycles. The summed E-state index contributed by atoms with van der Waals surface area (Å²) in [6, 6.07) is 2.15. The average Bonchev–Trinajstić information content (AvgIpc) is 2.97. The van der Waals surface area contributed by atoms with Crippen molar-refractivity contribution in [2.24, 2.45) is 0 Å². The number of aryl methyl sites for hydroxylation is 3. The highest BCUT2D eigenvalue weighted by molar-refractivity contribution is 5.09. The third-order valence-electron chi connectivity index (χ3n) is 3.07. The molecule has 0 aliphatic heterocycles. The maximum atomic E-state index is 4.50. The Morgan fingerprint density at radius 3 is 2.79 bits per heavy atom. The zero-order chi connectivity index (χ0) is 13.7. The van der Waals surface area contributed by atoms with E-state index < -0.39 is 0 Å². The predicted molar refractivity (Wildman–Crippen MR) is 75.7 cm³/mol. The summed E-state index contributed by atoms with van der Waals surface area (Å²) < 4.78 is 4.04. The van der Waals surface area contributed by atoms with Crippen LogP contribution in [0.2, 0.25) is 0 Å². The van der Waals surface area contributed by atoms with E-state index >= 15 is 0 Å². The highest BCUT2D eigenvalue weighted by atomic mass is 15.3. The second kappa shape index (κ2) is 6.52. The van der Waals surface area contributed by atoms with E-state index in [4.69, 9.17) is 0 Å². The van der Waals surface area contributed by atoms with E-state index in [0.717, 1.165) is 38.3 Å². The zero-order valence-corrected chi connectivity index (χ0v) is 12.1. The summed E-state index contributed by atoms with van der Waals surface area (Å²) in [5, 5.41) is 12.2. The first kappa shape index (κ1) is 13.8. The second-order valence-electron chi connectivity index (χ2n) is 4.81. The van der Waals surface area contributed by atoms with Gasteiger partial charge in [0.05, 0.1) is 17.6 Å². The topological polar surface area (TPSA) is 47.7 Å². The van der Waals surface area contributed by atoms with Crippen molar-refractivity contribution >= 4 is 0 Å². The molecule has 0 fully saturated rings. The molecule has 2 aromatic heterocycles. The molecule has 0 spiro atoms. The molecule has 0 unspecified atom stereocenters. The monoisotopic (exact) mass is 261 g/mol. The van der Waals surface area contributed by atoms with Crippen LogP contribution in [0.3, 0.4) is 0 Å². The fourth-order valence-corrected chi connectivity index (χ4v) is 2.15. The number of aromatic nitrogens is 4. The van der Waals surface area contributed by atoms with Crippen molar-refractivity contribution in [2.75, 3.05) is 0 Å². The smallest absolute Gasteiger partial charge is 0.0597 e. The van der Waals surface area contributed by atoms with Crippen molar-refractivity contribution in [3.63, 3.8) is 0 Å². The molecule has 5 nitrogen and oxygen atoms in total. The Labute approximate surface area is 114 Å². The van der Waals surface area contributed by atoms with Crippen LogP contribution in [-0.2, 0) is 26.2 Å². The van der Waals surface area contributed by atoms with E-state index in [1.165, 1.54) is 11.3 Å². The normalized spacial score (nSPS) is 11.1. The highest BCUT2D eigenvalue weighted by Gasteiger charge is 2.04. The minimum Gasteiger partial charge on any atom is -0.307 e. The Kier molecular flexibility index (Phi) is 4.74. The first-order valence-electron chi connectivity index (χ1n) is 6.98. The summed E-state index contributed by atoms with van der Waals surface area (Å²) >= 11 is 0. The lowest BCUT2D eigenvalue weighted by Gasteiger charge is -2.06. The lowest BCUT2D eigenvalue weighted by Crippen LogP contribution is -2.16. The van der Waals surface area contributed by atoms with E-state index in [0.29, 0.717) is 0 Å². The first-order chi connectivity index (χ1) is 9.22. The molecular weight excluding hydrogens is 238 g/mol. The van der Waals surface area contributed by atoms with Crippen LogP contribution in [0.5, 0.6) is 0 Å². The number of hydrogen-bond acceptors (Lipinski definition) is 3. The number of nitrogens with one attached hydrogen (secondary N) is 1. The molecule has 2 aromatic rings. The van der Waals surface area contributed by atoms with Gasteiger partial charge in [-0.1, -0.05) is 6.92 Å². The molecule has 0 bridgehead atoms. The summed E-state index contributed by atoms with van der Waals surface area (Å²) in [6.45, 7) is 9.90. The fraction of sp³-hybridized carbons (Fsp3) is 0.571. The van der Waals surface area contributed by atoms with Gasteiger partial charge in [-0.15, -0.1) is 0 Å². The molecule has 1 N–H and O–H groups in total. The van der Waals surface area contributed by atoms with Crippen LogP contribution in [-0.4, -0.2) is 19.6 Å². The summed E-state index contributed by atoms with van der Waals surface area (Å²) in [4.78, 5) is 0. The third-order valence-corrected chi connectivity index (χ3v) is 3.07. The van der Waals surface area contributed by atoms with Gasteiger partial charge in [0.15, 0.2) is 0 Å². The molecule has 104 valence electrons. The van der Waals surface area contributed by atoms with Crippen molar-refractivity contribution in [1.29, 1.82) is 0 Å². The molecule has 2 heterocycles. The Morgan fingerprint density at radius 2 is 2.11 bits per heavy atom. The summed E-state index contributed by atoms with van der Waals surface area (Å²) in [6.07, 6.45) is 5.12. The Morgan fingerprint density at radius 1 is 1.26 bits per heavy atom. The number of hydrogen-bond donors (Lipinski definition) is 1. The number of rotatable bonds is 7. The lowest BCUT2D eigenvalue weighted by atomic mass is 10.3. The average molecular weight is 261 g/mol. The quantitative estimate of drug-likeness (QED) is 0.830. The van der Waals surface area contributed by atoms with Crippen molar-refractivity contribution in [1.82, 2.24) is 24.9 Å². The van der Waals surface area contributed by atoms with E-state index in [-0.39, 0.29) is 0 Å². The standard InChI is InChI=1S/C14H23N5/c1-4-6-19-14(7-12(3)17-19)10-15-8-13-9-16-18(5-2)11-13/h7,9,11,15H,4-6,8,10H2,1-3H3. The highest BCUT2D eigenvalue weighted by Crippen LogP contribution is 2.05. The van der Waals surface area contributed by atoms with Gasteiger partial charge in [-0.3, -0.25) is 9.36 Å². The maximum Gasteiger partial charge on any atom is 0.0597 e. The third kappa shape index (κ3) is 3.67. The van der Waals surface area contributed by atoms with Gasteiger partial charge in [-0.2, -0.15) is 10.2 Å². The summed E-state index contributed by atoms with van der Waals surface area (Å²) in [5.41, 5.74) is 3.56. The predicted octanol–water partition coefficient (Wildman–Crippen LogP) is 2.11. The van der Waals surface area contributed by atoms with E-state index in [1.807, 2.05) is 17.8 Å². The van der Waals surface area contributed by atoms with Crippen LogP contribution in [0.4, 0.5) is 0 Å². The van der Waals surface area contributed by atoms with Crippen LogP contribution in [0.1, 0.15) is 37.2 Å². The first-order valence-corrected chi connectivity index (χ1v) is 6.98. The molecule has 0 saturated heterocycles. The van der Waals surface area contributed by atoms with E-state index in [1.54, 1.807) is 0 Å². The van der Waals surface area contributed by atoms with Gasteiger partial charge in [0.2, 0.25) is 0 Å². The molecule has 2 rings (SSSR count). The van der Waals surface area contributed by atoms with Crippen LogP contribution < -0.4 is 5.32 Å². The van der Waals surface area contributed by atoms with Crippen LogP contribution in [0.15, 0.2) is 18.5 Å². The fourth-order valence-electron chi connectivity index (χ4n) is 2.15. The van der Waals surface area contributed by atoms with Gasteiger partial charge in [0, 0.05) is 37.9 Å². The largest absolute Gasteiger partial charge is 0.307 e. The van der Waals surface area contributed by atoms with Gasteiger partial charge in [-0.25, -0.2) is 0 Å². The van der Waals surface area contributed by atoms with Crippen molar-refractivity contribution in [3.8, 4) is 0 Å². The SMILES string of the molecule is CCCn1nc(C)cc1CNCc1cnn(CC)c1. The molecule has 0 aliphatic rings. The van der Waals surface area contributed by atoms with Gasteiger partial charge in [0.1, 0.15) is 0 Å². The molecule has 0 radical (unpaired) electrons. The lowest BCUT2D eigenvalue weighted by molar-refractivity contribution is 0.547. The number of nitrogens with zero attached hydrogens (tertiary/aromatic N) is 4. The summed E-state index contributed by atoms with van der Waals surface area (Å²) in [5.74, 6) is 0. The van der Waals surface area contributed by atoms with Gasteiger partial charge >= 0.3 is 0 Å². The Bertz CT molecular complexity index is 512. The molecule has 5 heteroatoms. The maximum absolute atomic E-state index is 4.50. The van der Waals surface area contributed by atoms with E-state index in [9.17, 15) is 0 Å². The van der Waals surface area contributed by atoms with Gasteiger partial charge in [-0.05, 0) is 26.3 Å². The molecule has 19 heavy (non-hydrogen) atoms. The molecule has 0 atom stereocenters. The second-order valence-corrected chi connectivity index (χ2v) is 4.81. The molecular formula is C14H23N5. The summed E-state index contributed by atoms with van der Waals surface area (Å²) in [7, 11) is 0. The molecule has 0 amide bonds.